The van der Waals surface area contributed by atoms with Crippen molar-refractivity contribution in [1.29, 1.82) is 0 Å². The van der Waals surface area contributed by atoms with Gasteiger partial charge in [0.2, 0.25) is 0 Å². The molecule has 0 atom stereocenters. The second-order valence-electron chi connectivity index (χ2n) is 4.69. The van der Waals surface area contributed by atoms with Crippen molar-refractivity contribution in [3.8, 4) is 0 Å². The summed E-state index contributed by atoms with van der Waals surface area (Å²) in [5.41, 5.74) is 10.4. The summed E-state index contributed by atoms with van der Waals surface area (Å²) >= 11 is 0. The number of hydrogen-bond donors (Lipinski definition) is 2. The summed E-state index contributed by atoms with van der Waals surface area (Å²) in [4.78, 5) is 21.4. The molecule has 6 nitrogen and oxygen atoms in total. The minimum Gasteiger partial charge on any atom is -0.449 e. The molecule has 0 saturated carbocycles. The summed E-state index contributed by atoms with van der Waals surface area (Å²) in [7, 11) is 0. The minimum atomic E-state index is -0.863. The predicted molar refractivity (Wildman–Crippen MR) is 69.3 cm³/mol. The van der Waals surface area contributed by atoms with Crippen LogP contribution in [0.5, 0.6) is 0 Å². The number of primary amides is 2. The van der Waals surface area contributed by atoms with Crippen LogP contribution in [-0.2, 0) is 15.9 Å². The van der Waals surface area contributed by atoms with Gasteiger partial charge in [-0.2, -0.15) is 0 Å². The average Bonchev–Trinajstić information content (AvgIpc) is 2.36. The van der Waals surface area contributed by atoms with Crippen LogP contribution in [-0.4, -0.2) is 25.4 Å². The third kappa shape index (κ3) is 5.76. The molecule has 0 unspecified atom stereocenters. The summed E-state index contributed by atoms with van der Waals surface area (Å²) in [6, 6.07) is 9.58. The molecule has 2 amide bonds. The number of nitrogens with two attached hydrogens (primary N) is 2. The van der Waals surface area contributed by atoms with E-state index in [9.17, 15) is 9.59 Å². The second-order valence-corrected chi connectivity index (χ2v) is 4.69. The minimum absolute atomic E-state index is 0.0461. The fourth-order valence-corrected chi connectivity index (χ4v) is 1.72. The molecule has 0 aliphatic carbocycles. The van der Waals surface area contributed by atoms with Crippen molar-refractivity contribution >= 4 is 12.2 Å². The molecular weight excluding hydrogens is 248 g/mol. The predicted octanol–water partition coefficient (Wildman–Crippen LogP) is 1.43. The van der Waals surface area contributed by atoms with Crippen LogP contribution in [0.4, 0.5) is 9.59 Å². The third-order valence-corrected chi connectivity index (χ3v) is 2.60. The van der Waals surface area contributed by atoms with Gasteiger partial charge in [0, 0.05) is 5.41 Å². The van der Waals surface area contributed by atoms with Gasteiger partial charge in [-0.15, -0.1) is 0 Å². The van der Waals surface area contributed by atoms with Crippen molar-refractivity contribution in [3.63, 3.8) is 0 Å². The van der Waals surface area contributed by atoms with Crippen molar-refractivity contribution < 1.29 is 19.1 Å². The van der Waals surface area contributed by atoms with E-state index in [2.05, 4.69) is 0 Å². The molecule has 1 rings (SSSR count). The third-order valence-electron chi connectivity index (χ3n) is 2.60. The van der Waals surface area contributed by atoms with E-state index in [-0.39, 0.29) is 13.2 Å². The van der Waals surface area contributed by atoms with Crippen LogP contribution in [0.1, 0.15) is 12.5 Å². The normalized spacial score (nSPS) is 10.8. The zero-order chi connectivity index (χ0) is 14.3. The monoisotopic (exact) mass is 266 g/mol. The number of benzene rings is 1. The topological polar surface area (TPSA) is 105 Å². The van der Waals surface area contributed by atoms with Gasteiger partial charge in [-0.25, -0.2) is 9.59 Å². The molecule has 19 heavy (non-hydrogen) atoms. The van der Waals surface area contributed by atoms with Gasteiger partial charge in [0.25, 0.3) is 0 Å². The Morgan fingerprint density at radius 3 is 1.95 bits per heavy atom. The van der Waals surface area contributed by atoms with Gasteiger partial charge >= 0.3 is 12.2 Å². The van der Waals surface area contributed by atoms with Crippen LogP contribution in [0.2, 0.25) is 0 Å². The highest BCUT2D eigenvalue weighted by molar-refractivity contribution is 5.65. The van der Waals surface area contributed by atoms with E-state index in [1.165, 1.54) is 0 Å². The van der Waals surface area contributed by atoms with Crippen molar-refractivity contribution in [2.24, 2.45) is 16.9 Å². The molecule has 0 aromatic heterocycles. The Morgan fingerprint density at radius 2 is 1.53 bits per heavy atom. The zero-order valence-electron chi connectivity index (χ0n) is 10.8. The number of ether oxygens (including phenoxy) is 2. The van der Waals surface area contributed by atoms with Crippen LogP contribution in [0.3, 0.4) is 0 Å². The first kappa shape index (κ1) is 14.8. The molecule has 6 heteroatoms. The SMILES string of the molecule is CC(COC(N)=O)(COC(N)=O)Cc1ccccc1. The highest BCUT2D eigenvalue weighted by Crippen LogP contribution is 2.23. The molecule has 0 aliphatic heterocycles. The van der Waals surface area contributed by atoms with Gasteiger partial charge in [-0.1, -0.05) is 37.3 Å². The van der Waals surface area contributed by atoms with Gasteiger partial charge in [0.15, 0.2) is 0 Å². The first-order chi connectivity index (χ1) is 8.91. The van der Waals surface area contributed by atoms with E-state index in [0.29, 0.717) is 6.42 Å². The Kier molecular flexibility index (Phi) is 5.17. The standard InChI is InChI=1S/C13H18N2O4/c1-13(8-18-11(14)16,9-19-12(15)17)7-10-5-3-2-4-6-10/h2-6H,7-9H2,1H3,(H2,14,16)(H2,15,17). The van der Waals surface area contributed by atoms with E-state index < -0.39 is 17.6 Å². The summed E-state index contributed by atoms with van der Waals surface area (Å²) in [6.07, 6.45) is -1.16. The Bertz CT molecular complexity index is 416. The fourth-order valence-electron chi connectivity index (χ4n) is 1.72. The van der Waals surface area contributed by atoms with E-state index in [1.54, 1.807) is 0 Å². The molecule has 0 radical (unpaired) electrons. The lowest BCUT2D eigenvalue weighted by molar-refractivity contribution is 0.0424. The molecule has 0 heterocycles. The number of hydrogen-bond acceptors (Lipinski definition) is 4. The molecular formula is C13H18N2O4. The lowest BCUT2D eigenvalue weighted by Crippen LogP contribution is -2.35. The van der Waals surface area contributed by atoms with Crippen LogP contribution in [0.15, 0.2) is 30.3 Å². The van der Waals surface area contributed by atoms with Gasteiger partial charge in [0.05, 0.1) is 0 Å². The number of carbonyl (C=O) groups excluding carboxylic acids is 2. The molecule has 0 fully saturated rings. The molecule has 0 aliphatic rings. The summed E-state index contributed by atoms with van der Waals surface area (Å²) in [6.45, 7) is 1.92. The highest BCUT2D eigenvalue weighted by Gasteiger charge is 2.28. The molecule has 4 N–H and O–H groups in total. The van der Waals surface area contributed by atoms with Crippen molar-refractivity contribution in [3.05, 3.63) is 35.9 Å². The van der Waals surface area contributed by atoms with Crippen molar-refractivity contribution in [1.82, 2.24) is 0 Å². The van der Waals surface area contributed by atoms with Crippen molar-refractivity contribution in [2.75, 3.05) is 13.2 Å². The second kappa shape index (κ2) is 6.63. The van der Waals surface area contributed by atoms with E-state index >= 15 is 0 Å². The zero-order valence-corrected chi connectivity index (χ0v) is 10.8. The quantitative estimate of drug-likeness (QED) is 0.812. The smallest absolute Gasteiger partial charge is 0.404 e. The molecule has 1 aromatic carbocycles. The lowest BCUT2D eigenvalue weighted by Gasteiger charge is -2.28. The maximum atomic E-state index is 10.7. The molecule has 0 bridgehead atoms. The van der Waals surface area contributed by atoms with Gasteiger partial charge < -0.3 is 20.9 Å². The van der Waals surface area contributed by atoms with Crippen LogP contribution in [0.25, 0.3) is 0 Å². The van der Waals surface area contributed by atoms with Gasteiger partial charge in [0.1, 0.15) is 13.2 Å². The molecule has 0 spiro atoms. The van der Waals surface area contributed by atoms with Crippen LogP contribution >= 0.6 is 0 Å². The van der Waals surface area contributed by atoms with E-state index in [4.69, 9.17) is 20.9 Å². The van der Waals surface area contributed by atoms with Crippen LogP contribution < -0.4 is 11.5 Å². The van der Waals surface area contributed by atoms with Crippen LogP contribution in [0, 0.1) is 5.41 Å². The Balaban J connectivity index is 2.72. The van der Waals surface area contributed by atoms with Crippen molar-refractivity contribution in [2.45, 2.75) is 13.3 Å². The maximum absolute atomic E-state index is 10.7. The fraction of sp³-hybridized carbons (Fsp3) is 0.385. The van der Waals surface area contributed by atoms with E-state index in [0.717, 1.165) is 5.56 Å². The molecule has 104 valence electrons. The lowest BCUT2D eigenvalue weighted by atomic mass is 9.85. The number of rotatable bonds is 6. The van der Waals surface area contributed by atoms with Gasteiger partial charge in [-0.3, -0.25) is 0 Å². The number of carbonyl (C=O) groups is 2. The number of amides is 2. The Labute approximate surface area is 111 Å². The molecule has 1 aromatic rings. The Hall–Kier alpha value is -2.24. The largest absolute Gasteiger partial charge is 0.449 e. The molecule has 0 saturated heterocycles. The first-order valence-electron chi connectivity index (χ1n) is 5.80. The Morgan fingerprint density at radius 1 is 1.05 bits per heavy atom. The van der Waals surface area contributed by atoms with E-state index in [1.807, 2.05) is 37.3 Å². The average molecular weight is 266 g/mol. The summed E-state index contributed by atoms with van der Waals surface area (Å²) in [5.74, 6) is 0. The highest BCUT2D eigenvalue weighted by atomic mass is 16.6. The maximum Gasteiger partial charge on any atom is 0.404 e. The van der Waals surface area contributed by atoms with Gasteiger partial charge in [-0.05, 0) is 12.0 Å². The first-order valence-corrected chi connectivity index (χ1v) is 5.80. The summed E-state index contributed by atoms with van der Waals surface area (Å²) < 4.78 is 9.64. The summed E-state index contributed by atoms with van der Waals surface area (Å²) in [5, 5.41) is 0.